The fourth-order valence-corrected chi connectivity index (χ4v) is 1.51. The Hall–Kier alpha value is -1.81. The summed E-state index contributed by atoms with van der Waals surface area (Å²) in [6.45, 7) is 2.98. The summed E-state index contributed by atoms with van der Waals surface area (Å²) >= 11 is 0. The van der Waals surface area contributed by atoms with Crippen LogP contribution in [0.25, 0.3) is 5.69 Å². The van der Waals surface area contributed by atoms with E-state index in [4.69, 9.17) is 10.5 Å². The second kappa shape index (κ2) is 4.81. The van der Waals surface area contributed by atoms with Crippen LogP contribution in [0, 0.1) is 6.92 Å². The van der Waals surface area contributed by atoms with Crippen molar-refractivity contribution in [1.82, 2.24) is 9.78 Å². The number of rotatable bonds is 4. The number of hydrogen-bond acceptors (Lipinski definition) is 3. The molecule has 0 fully saturated rings. The molecular formula is C12H15N3O. The summed E-state index contributed by atoms with van der Waals surface area (Å²) in [6, 6.07) is 11.9. The molecule has 0 aliphatic heterocycles. The Morgan fingerprint density at radius 2 is 2.06 bits per heavy atom. The van der Waals surface area contributed by atoms with Gasteiger partial charge < -0.3 is 10.5 Å². The largest absolute Gasteiger partial charge is 0.475 e. The van der Waals surface area contributed by atoms with Crippen molar-refractivity contribution in [3.05, 3.63) is 42.1 Å². The molecule has 0 bridgehead atoms. The summed E-state index contributed by atoms with van der Waals surface area (Å²) in [6.07, 6.45) is 0. The van der Waals surface area contributed by atoms with Crippen LogP contribution in [-0.4, -0.2) is 22.9 Å². The predicted molar refractivity (Wildman–Crippen MR) is 62.9 cm³/mol. The molecule has 2 rings (SSSR count). The third kappa shape index (κ3) is 2.23. The first-order valence-electron chi connectivity index (χ1n) is 5.26. The molecule has 4 heteroatoms. The summed E-state index contributed by atoms with van der Waals surface area (Å²) in [5.74, 6) is 0.617. The second-order valence-electron chi connectivity index (χ2n) is 3.51. The van der Waals surface area contributed by atoms with Crippen LogP contribution in [0.4, 0.5) is 0 Å². The molecule has 1 aromatic carbocycles. The maximum atomic E-state index is 5.38. The van der Waals surface area contributed by atoms with E-state index in [0.717, 1.165) is 11.4 Å². The Labute approximate surface area is 94.6 Å². The summed E-state index contributed by atoms with van der Waals surface area (Å²) < 4.78 is 7.23. The predicted octanol–water partition coefficient (Wildman–Crippen LogP) is 1.52. The highest BCUT2D eigenvalue weighted by molar-refractivity contribution is 5.33. The van der Waals surface area contributed by atoms with E-state index in [1.54, 1.807) is 0 Å². The lowest BCUT2D eigenvalue weighted by atomic mass is 10.3. The van der Waals surface area contributed by atoms with E-state index in [1.807, 2.05) is 48.0 Å². The van der Waals surface area contributed by atoms with Crippen LogP contribution in [0.5, 0.6) is 5.88 Å². The van der Waals surface area contributed by atoms with E-state index in [9.17, 15) is 0 Å². The highest BCUT2D eigenvalue weighted by Crippen LogP contribution is 2.15. The van der Waals surface area contributed by atoms with Gasteiger partial charge >= 0.3 is 0 Å². The molecule has 1 heterocycles. The van der Waals surface area contributed by atoms with Crippen LogP contribution in [0.3, 0.4) is 0 Å². The van der Waals surface area contributed by atoms with E-state index in [2.05, 4.69) is 5.10 Å². The smallest absolute Gasteiger partial charge is 0.233 e. The van der Waals surface area contributed by atoms with Gasteiger partial charge in [-0.3, -0.25) is 0 Å². The molecule has 84 valence electrons. The molecule has 0 amide bonds. The fourth-order valence-electron chi connectivity index (χ4n) is 1.51. The van der Waals surface area contributed by atoms with Gasteiger partial charge in [-0.1, -0.05) is 18.2 Å². The number of benzene rings is 1. The zero-order valence-corrected chi connectivity index (χ0v) is 9.26. The van der Waals surface area contributed by atoms with Gasteiger partial charge in [0.25, 0.3) is 0 Å². The van der Waals surface area contributed by atoms with Crippen LogP contribution in [0.2, 0.25) is 0 Å². The topological polar surface area (TPSA) is 53.1 Å². The molecular weight excluding hydrogens is 202 g/mol. The van der Waals surface area contributed by atoms with Crippen molar-refractivity contribution in [2.45, 2.75) is 6.92 Å². The van der Waals surface area contributed by atoms with Gasteiger partial charge in [0.05, 0.1) is 5.69 Å². The van der Waals surface area contributed by atoms with Crippen molar-refractivity contribution in [3.63, 3.8) is 0 Å². The Kier molecular flexibility index (Phi) is 3.22. The molecule has 0 unspecified atom stereocenters. The van der Waals surface area contributed by atoms with Crippen LogP contribution in [0.15, 0.2) is 36.4 Å². The lowest BCUT2D eigenvalue weighted by Gasteiger charge is -2.02. The lowest BCUT2D eigenvalue weighted by Crippen LogP contribution is -2.11. The number of ether oxygens (including phenoxy) is 1. The Bertz CT molecular complexity index is 451. The number of aromatic nitrogens is 2. The maximum absolute atomic E-state index is 5.38. The van der Waals surface area contributed by atoms with Gasteiger partial charge in [-0.25, -0.2) is 4.68 Å². The van der Waals surface area contributed by atoms with Crippen LogP contribution in [0.1, 0.15) is 5.69 Å². The molecule has 4 nitrogen and oxygen atoms in total. The highest BCUT2D eigenvalue weighted by atomic mass is 16.5. The van der Waals surface area contributed by atoms with Crippen molar-refractivity contribution in [3.8, 4) is 11.6 Å². The lowest BCUT2D eigenvalue weighted by molar-refractivity contribution is 0.313. The number of hydrogen-bond donors (Lipinski definition) is 1. The molecule has 2 N–H and O–H groups in total. The number of aryl methyl sites for hydroxylation is 1. The summed E-state index contributed by atoms with van der Waals surface area (Å²) in [5.41, 5.74) is 7.44. The van der Waals surface area contributed by atoms with Gasteiger partial charge in [0.15, 0.2) is 0 Å². The van der Waals surface area contributed by atoms with Crippen molar-refractivity contribution in [2.24, 2.45) is 5.73 Å². The Balaban J connectivity index is 2.25. The van der Waals surface area contributed by atoms with Crippen LogP contribution >= 0.6 is 0 Å². The number of nitrogens with zero attached hydrogens (tertiary/aromatic N) is 2. The molecule has 0 saturated carbocycles. The monoisotopic (exact) mass is 217 g/mol. The third-order valence-electron chi connectivity index (χ3n) is 2.23. The van der Waals surface area contributed by atoms with E-state index in [1.165, 1.54) is 0 Å². The molecule has 16 heavy (non-hydrogen) atoms. The van der Waals surface area contributed by atoms with Gasteiger partial charge in [-0.05, 0) is 19.1 Å². The molecule has 0 aliphatic carbocycles. The third-order valence-corrected chi connectivity index (χ3v) is 2.23. The summed E-state index contributed by atoms with van der Waals surface area (Å²) in [4.78, 5) is 0. The molecule has 0 saturated heterocycles. The van der Waals surface area contributed by atoms with Crippen LogP contribution < -0.4 is 10.5 Å². The minimum Gasteiger partial charge on any atom is -0.475 e. The fraction of sp³-hybridized carbons (Fsp3) is 0.250. The van der Waals surface area contributed by atoms with E-state index < -0.39 is 0 Å². The van der Waals surface area contributed by atoms with Gasteiger partial charge in [-0.15, -0.1) is 5.10 Å². The highest BCUT2D eigenvalue weighted by Gasteiger charge is 2.05. The van der Waals surface area contributed by atoms with Crippen molar-refractivity contribution in [2.75, 3.05) is 13.2 Å². The summed E-state index contributed by atoms with van der Waals surface area (Å²) in [5, 5.41) is 4.36. The van der Waals surface area contributed by atoms with Crippen molar-refractivity contribution < 1.29 is 4.74 Å². The van der Waals surface area contributed by atoms with E-state index in [0.29, 0.717) is 19.0 Å². The molecule has 1 aromatic heterocycles. The van der Waals surface area contributed by atoms with Gasteiger partial charge in [-0.2, -0.15) is 0 Å². The Morgan fingerprint density at radius 1 is 1.31 bits per heavy atom. The standard InChI is InChI=1S/C12H15N3O/c1-10-9-12(16-8-7-13)14-15(10)11-5-3-2-4-6-11/h2-6,9H,7-8,13H2,1H3. The van der Waals surface area contributed by atoms with Gasteiger partial charge in [0, 0.05) is 18.3 Å². The minimum atomic E-state index is 0.491. The Morgan fingerprint density at radius 3 is 2.75 bits per heavy atom. The quantitative estimate of drug-likeness (QED) is 0.844. The molecule has 0 spiro atoms. The maximum Gasteiger partial charge on any atom is 0.233 e. The number of nitrogens with two attached hydrogens (primary N) is 1. The first-order chi connectivity index (χ1) is 7.81. The van der Waals surface area contributed by atoms with E-state index >= 15 is 0 Å². The minimum absolute atomic E-state index is 0.491. The first-order valence-corrected chi connectivity index (χ1v) is 5.26. The SMILES string of the molecule is Cc1cc(OCCN)nn1-c1ccccc1. The molecule has 2 aromatic rings. The summed E-state index contributed by atoms with van der Waals surface area (Å²) in [7, 11) is 0. The van der Waals surface area contributed by atoms with Crippen molar-refractivity contribution >= 4 is 0 Å². The molecule has 0 atom stereocenters. The van der Waals surface area contributed by atoms with Gasteiger partial charge in [0.1, 0.15) is 6.61 Å². The number of para-hydroxylation sites is 1. The zero-order chi connectivity index (χ0) is 11.4. The molecule has 0 radical (unpaired) electrons. The second-order valence-corrected chi connectivity index (χ2v) is 3.51. The van der Waals surface area contributed by atoms with Crippen molar-refractivity contribution in [1.29, 1.82) is 0 Å². The van der Waals surface area contributed by atoms with E-state index in [-0.39, 0.29) is 0 Å². The normalized spacial score (nSPS) is 10.4. The van der Waals surface area contributed by atoms with Gasteiger partial charge in [0.2, 0.25) is 5.88 Å². The average Bonchev–Trinajstić information content (AvgIpc) is 2.69. The van der Waals surface area contributed by atoms with Crippen LogP contribution in [-0.2, 0) is 0 Å². The zero-order valence-electron chi connectivity index (χ0n) is 9.26. The molecule has 0 aliphatic rings. The average molecular weight is 217 g/mol. The first kappa shape index (κ1) is 10.7.